The molecule has 1 saturated carbocycles. The Bertz CT molecular complexity index is 217. The number of rotatable bonds is 2. The molecule has 2 heteroatoms. The van der Waals surface area contributed by atoms with Crippen LogP contribution in [0.25, 0.3) is 0 Å². The molecule has 0 amide bonds. The minimum Gasteiger partial charge on any atom is -0.300 e. The Hall–Kier alpha value is -0.370. The average Bonchev–Trinajstić information content (AvgIpc) is 2.30. The fourth-order valence-electron chi connectivity index (χ4n) is 3.05. The van der Waals surface area contributed by atoms with E-state index in [-0.39, 0.29) is 0 Å². The fourth-order valence-corrected chi connectivity index (χ4v) is 3.05. The molecule has 2 fully saturated rings. The molecule has 1 heterocycles. The smallest absolute Gasteiger partial charge is 0.133 e. The monoisotopic (exact) mass is 209 g/mol. The second-order valence-electron chi connectivity index (χ2n) is 5.18. The third kappa shape index (κ3) is 2.81. The number of ketones is 1. The van der Waals surface area contributed by atoms with Crippen LogP contribution in [0.3, 0.4) is 0 Å². The number of likely N-dealkylation sites (tertiary alicyclic amines) is 1. The van der Waals surface area contributed by atoms with Gasteiger partial charge in [-0.2, -0.15) is 0 Å². The molecule has 0 radical (unpaired) electrons. The van der Waals surface area contributed by atoms with Crippen LogP contribution in [0.1, 0.15) is 51.9 Å². The highest BCUT2D eigenvalue weighted by Crippen LogP contribution is 2.26. The first-order valence-corrected chi connectivity index (χ1v) is 6.55. The Balaban J connectivity index is 1.84. The van der Waals surface area contributed by atoms with E-state index in [0.717, 1.165) is 37.6 Å². The van der Waals surface area contributed by atoms with Crippen LogP contribution in [-0.4, -0.2) is 29.8 Å². The van der Waals surface area contributed by atoms with Gasteiger partial charge in [0.15, 0.2) is 0 Å². The molecule has 0 N–H and O–H groups in total. The van der Waals surface area contributed by atoms with Crippen LogP contribution in [0.2, 0.25) is 0 Å². The van der Waals surface area contributed by atoms with Crippen LogP contribution in [0.5, 0.6) is 0 Å². The van der Waals surface area contributed by atoms with E-state index in [0.29, 0.717) is 5.78 Å². The highest BCUT2D eigenvalue weighted by Gasteiger charge is 2.27. The van der Waals surface area contributed by atoms with E-state index in [2.05, 4.69) is 11.8 Å². The molecule has 86 valence electrons. The molecule has 0 bridgehead atoms. The fraction of sp³-hybridized carbons (Fsp3) is 0.923. The van der Waals surface area contributed by atoms with Gasteiger partial charge in [-0.05, 0) is 38.1 Å². The van der Waals surface area contributed by atoms with E-state index in [1.165, 1.54) is 32.4 Å². The molecular weight excluding hydrogens is 186 g/mol. The first-order chi connectivity index (χ1) is 7.29. The topological polar surface area (TPSA) is 20.3 Å². The van der Waals surface area contributed by atoms with Crippen LogP contribution in [0.4, 0.5) is 0 Å². The van der Waals surface area contributed by atoms with Crippen LogP contribution in [0.15, 0.2) is 0 Å². The van der Waals surface area contributed by atoms with Crippen molar-refractivity contribution in [3.05, 3.63) is 0 Å². The SMILES string of the molecule is CCC1CCCN(C2CCC(=O)CC2)C1. The van der Waals surface area contributed by atoms with Crippen LogP contribution < -0.4 is 0 Å². The van der Waals surface area contributed by atoms with Gasteiger partial charge in [-0.1, -0.05) is 13.3 Å². The van der Waals surface area contributed by atoms with Crippen molar-refractivity contribution in [1.29, 1.82) is 0 Å². The Morgan fingerprint density at radius 1 is 1.27 bits per heavy atom. The molecule has 2 aliphatic rings. The number of nitrogens with zero attached hydrogens (tertiary/aromatic N) is 1. The van der Waals surface area contributed by atoms with Gasteiger partial charge >= 0.3 is 0 Å². The molecule has 1 saturated heterocycles. The lowest BCUT2D eigenvalue weighted by Gasteiger charge is -2.39. The maximum Gasteiger partial charge on any atom is 0.133 e. The molecule has 2 nitrogen and oxygen atoms in total. The van der Waals surface area contributed by atoms with Crippen molar-refractivity contribution in [2.45, 2.75) is 57.9 Å². The summed E-state index contributed by atoms with van der Waals surface area (Å²) in [4.78, 5) is 13.9. The minimum atomic E-state index is 0.482. The zero-order chi connectivity index (χ0) is 10.7. The van der Waals surface area contributed by atoms with Crippen molar-refractivity contribution in [2.75, 3.05) is 13.1 Å². The van der Waals surface area contributed by atoms with Crippen LogP contribution >= 0.6 is 0 Å². The molecule has 0 aromatic heterocycles. The molecule has 1 unspecified atom stereocenters. The highest BCUT2D eigenvalue weighted by molar-refractivity contribution is 5.79. The lowest BCUT2D eigenvalue weighted by atomic mass is 9.89. The number of carbonyl (C=O) groups is 1. The summed E-state index contributed by atoms with van der Waals surface area (Å²) in [6.45, 7) is 4.86. The van der Waals surface area contributed by atoms with Gasteiger partial charge < -0.3 is 4.90 Å². The predicted molar refractivity (Wildman–Crippen MR) is 61.9 cm³/mol. The summed E-state index contributed by atoms with van der Waals surface area (Å²) in [7, 11) is 0. The molecule has 1 atom stereocenters. The van der Waals surface area contributed by atoms with Gasteiger partial charge in [0, 0.05) is 25.4 Å². The lowest BCUT2D eigenvalue weighted by molar-refractivity contribution is -0.121. The summed E-state index contributed by atoms with van der Waals surface area (Å²) in [6.07, 6.45) is 8.00. The summed E-state index contributed by atoms with van der Waals surface area (Å²) in [5.74, 6) is 1.40. The Morgan fingerprint density at radius 3 is 2.67 bits per heavy atom. The third-order valence-corrected chi connectivity index (χ3v) is 4.16. The molecule has 1 aliphatic heterocycles. The predicted octanol–water partition coefficient (Wildman–Crippen LogP) is 2.62. The van der Waals surface area contributed by atoms with E-state index in [9.17, 15) is 4.79 Å². The van der Waals surface area contributed by atoms with Crippen molar-refractivity contribution >= 4 is 5.78 Å². The molecule has 1 aliphatic carbocycles. The number of piperidine rings is 1. The van der Waals surface area contributed by atoms with E-state index in [1.54, 1.807) is 0 Å². The Labute approximate surface area is 93.0 Å². The van der Waals surface area contributed by atoms with Gasteiger partial charge in [0.05, 0.1) is 0 Å². The van der Waals surface area contributed by atoms with E-state index < -0.39 is 0 Å². The minimum absolute atomic E-state index is 0.482. The Morgan fingerprint density at radius 2 is 2.00 bits per heavy atom. The van der Waals surface area contributed by atoms with E-state index in [1.807, 2.05) is 0 Å². The molecule has 0 spiro atoms. The van der Waals surface area contributed by atoms with Gasteiger partial charge in [-0.25, -0.2) is 0 Å². The molecule has 0 aromatic carbocycles. The molecule has 2 rings (SSSR count). The van der Waals surface area contributed by atoms with Crippen molar-refractivity contribution < 1.29 is 4.79 Å². The summed E-state index contributed by atoms with van der Waals surface area (Å²) in [6, 6.07) is 0.719. The molecule has 0 aromatic rings. The summed E-state index contributed by atoms with van der Waals surface area (Å²) >= 11 is 0. The number of hydrogen-bond donors (Lipinski definition) is 0. The van der Waals surface area contributed by atoms with Crippen molar-refractivity contribution in [1.82, 2.24) is 4.90 Å². The average molecular weight is 209 g/mol. The number of carbonyl (C=O) groups excluding carboxylic acids is 1. The lowest BCUT2D eigenvalue weighted by Crippen LogP contribution is -2.44. The highest BCUT2D eigenvalue weighted by atomic mass is 16.1. The molecule has 15 heavy (non-hydrogen) atoms. The maximum absolute atomic E-state index is 11.2. The Kier molecular flexibility index (Phi) is 3.79. The van der Waals surface area contributed by atoms with Gasteiger partial charge in [0.1, 0.15) is 5.78 Å². The standard InChI is InChI=1S/C13H23NO/c1-2-11-4-3-9-14(10-11)12-5-7-13(15)8-6-12/h11-12H,2-10H2,1H3. The van der Waals surface area contributed by atoms with Crippen LogP contribution in [-0.2, 0) is 4.79 Å². The van der Waals surface area contributed by atoms with Crippen molar-refractivity contribution in [2.24, 2.45) is 5.92 Å². The molecular formula is C13H23NO. The van der Waals surface area contributed by atoms with Crippen LogP contribution in [0, 0.1) is 5.92 Å². The normalized spacial score (nSPS) is 30.7. The number of Topliss-reactive ketones (excluding diaryl/α,β-unsaturated/α-hetero) is 1. The van der Waals surface area contributed by atoms with Crippen molar-refractivity contribution in [3.8, 4) is 0 Å². The van der Waals surface area contributed by atoms with Gasteiger partial charge in [0.25, 0.3) is 0 Å². The van der Waals surface area contributed by atoms with Gasteiger partial charge in [0.2, 0.25) is 0 Å². The summed E-state index contributed by atoms with van der Waals surface area (Å²) in [5.41, 5.74) is 0. The largest absolute Gasteiger partial charge is 0.300 e. The quantitative estimate of drug-likeness (QED) is 0.697. The van der Waals surface area contributed by atoms with Crippen molar-refractivity contribution in [3.63, 3.8) is 0 Å². The maximum atomic E-state index is 11.2. The van der Waals surface area contributed by atoms with Gasteiger partial charge in [-0.15, -0.1) is 0 Å². The summed E-state index contributed by atoms with van der Waals surface area (Å²) in [5, 5.41) is 0. The second-order valence-corrected chi connectivity index (χ2v) is 5.18. The number of hydrogen-bond acceptors (Lipinski definition) is 2. The first-order valence-electron chi connectivity index (χ1n) is 6.55. The zero-order valence-electron chi connectivity index (χ0n) is 9.87. The third-order valence-electron chi connectivity index (χ3n) is 4.16. The van der Waals surface area contributed by atoms with Gasteiger partial charge in [-0.3, -0.25) is 4.79 Å². The second kappa shape index (κ2) is 5.11. The summed E-state index contributed by atoms with van der Waals surface area (Å²) < 4.78 is 0. The van der Waals surface area contributed by atoms with E-state index >= 15 is 0 Å². The zero-order valence-corrected chi connectivity index (χ0v) is 9.87. The van der Waals surface area contributed by atoms with E-state index in [4.69, 9.17) is 0 Å². The first kappa shape index (κ1) is 11.1.